The van der Waals surface area contributed by atoms with Crippen LogP contribution in [0, 0.1) is 0 Å². The van der Waals surface area contributed by atoms with E-state index in [1.165, 1.54) is 12.8 Å². The Morgan fingerprint density at radius 2 is 2.21 bits per heavy atom. The van der Waals surface area contributed by atoms with E-state index in [2.05, 4.69) is 27.1 Å². The van der Waals surface area contributed by atoms with Crippen LogP contribution >= 0.6 is 0 Å². The van der Waals surface area contributed by atoms with Crippen molar-refractivity contribution in [2.24, 2.45) is 0 Å². The van der Waals surface area contributed by atoms with Gasteiger partial charge in [0.1, 0.15) is 18.7 Å². The zero-order valence-corrected chi connectivity index (χ0v) is 13.8. The third-order valence-corrected chi connectivity index (χ3v) is 5.11. The minimum atomic E-state index is -0.217. The second kappa shape index (κ2) is 6.22. The van der Waals surface area contributed by atoms with Crippen molar-refractivity contribution in [3.63, 3.8) is 0 Å². The second-order valence-electron chi connectivity index (χ2n) is 6.50. The molecule has 1 saturated carbocycles. The van der Waals surface area contributed by atoms with Crippen molar-refractivity contribution in [2.75, 3.05) is 10.2 Å². The molecule has 0 radical (unpaired) electrons. The molecule has 0 aromatic carbocycles. The number of fused-ring (bicyclic) bond motifs is 1. The number of imidazole rings is 1. The number of hydrogen-bond acceptors (Lipinski definition) is 6. The summed E-state index contributed by atoms with van der Waals surface area (Å²) in [6, 6.07) is 0.359. The van der Waals surface area contributed by atoms with Gasteiger partial charge in [-0.25, -0.2) is 9.97 Å². The highest BCUT2D eigenvalue weighted by atomic mass is 16.1. The van der Waals surface area contributed by atoms with Gasteiger partial charge in [0.25, 0.3) is 0 Å². The molecule has 7 nitrogen and oxygen atoms in total. The van der Waals surface area contributed by atoms with Crippen molar-refractivity contribution in [3.05, 3.63) is 24.9 Å². The number of anilines is 2. The molecular weight excluding hydrogens is 304 g/mol. The first kappa shape index (κ1) is 15.1. The first-order valence-electron chi connectivity index (χ1n) is 8.67. The number of aromatic nitrogens is 4. The smallest absolute Gasteiger partial charge is 0.236 e. The number of aldehydes is 1. The standard InChI is InChI=1S/C17H22N6O/c1-2-15-14(10-24)20-13-9-19-17(22-8-7-18-11-22)21-16(13)23(15)12-5-3-4-6-12/h7-12,14-15,20H,2-6H2,1H3. The van der Waals surface area contributed by atoms with Gasteiger partial charge in [-0.2, -0.15) is 4.98 Å². The number of nitrogens with one attached hydrogen (secondary N) is 1. The zero-order valence-electron chi connectivity index (χ0n) is 13.8. The summed E-state index contributed by atoms with van der Waals surface area (Å²) in [5.41, 5.74) is 0.840. The summed E-state index contributed by atoms with van der Waals surface area (Å²) in [4.78, 5) is 27.3. The molecule has 1 aliphatic carbocycles. The molecule has 0 amide bonds. The van der Waals surface area contributed by atoms with Crippen LogP contribution in [0.2, 0.25) is 0 Å². The van der Waals surface area contributed by atoms with Gasteiger partial charge >= 0.3 is 0 Å². The molecule has 1 N–H and O–H groups in total. The Bertz CT molecular complexity index is 710. The highest BCUT2D eigenvalue weighted by molar-refractivity contribution is 5.77. The van der Waals surface area contributed by atoms with Gasteiger partial charge in [-0.05, 0) is 19.3 Å². The van der Waals surface area contributed by atoms with E-state index in [0.29, 0.717) is 12.0 Å². The summed E-state index contributed by atoms with van der Waals surface area (Å²) in [6.07, 6.45) is 13.7. The van der Waals surface area contributed by atoms with E-state index in [1.54, 1.807) is 23.3 Å². The summed E-state index contributed by atoms with van der Waals surface area (Å²) >= 11 is 0. The van der Waals surface area contributed by atoms with Crippen LogP contribution in [-0.2, 0) is 4.79 Å². The van der Waals surface area contributed by atoms with Crippen molar-refractivity contribution in [1.82, 2.24) is 19.5 Å². The first-order valence-corrected chi connectivity index (χ1v) is 8.67. The van der Waals surface area contributed by atoms with Crippen LogP contribution in [0.25, 0.3) is 5.95 Å². The molecule has 3 heterocycles. The van der Waals surface area contributed by atoms with Crippen LogP contribution in [-0.4, -0.2) is 43.9 Å². The maximum atomic E-state index is 11.6. The highest BCUT2D eigenvalue weighted by Crippen LogP contribution is 2.38. The average Bonchev–Trinajstić information content (AvgIpc) is 3.32. The Morgan fingerprint density at radius 3 is 2.88 bits per heavy atom. The number of nitrogens with zero attached hydrogens (tertiary/aromatic N) is 5. The maximum Gasteiger partial charge on any atom is 0.236 e. The fourth-order valence-electron chi connectivity index (χ4n) is 3.97. The molecule has 2 aromatic rings. The van der Waals surface area contributed by atoms with Crippen LogP contribution in [0.1, 0.15) is 39.0 Å². The van der Waals surface area contributed by atoms with Gasteiger partial charge in [0.15, 0.2) is 5.82 Å². The van der Waals surface area contributed by atoms with Crippen LogP contribution < -0.4 is 10.2 Å². The Labute approximate surface area is 141 Å². The lowest BCUT2D eigenvalue weighted by Gasteiger charge is -2.44. The molecule has 0 bridgehead atoms. The van der Waals surface area contributed by atoms with Gasteiger partial charge in [0, 0.05) is 18.4 Å². The summed E-state index contributed by atoms with van der Waals surface area (Å²) in [6.45, 7) is 2.13. The predicted octanol–water partition coefficient (Wildman–Crippen LogP) is 2.18. The average molecular weight is 326 g/mol. The van der Waals surface area contributed by atoms with E-state index in [9.17, 15) is 4.79 Å². The van der Waals surface area contributed by atoms with Crippen LogP contribution in [0.4, 0.5) is 11.5 Å². The number of hydrogen-bond donors (Lipinski definition) is 1. The molecular formula is C17H22N6O. The fraction of sp³-hybridized carbons (Fsp3) is 0.529. The molecule has 0 spiro atoms. The Morgan fingerprint density at radius 1 is 1.38 bits per heavy atom. The Balaban J connectivity index is 1.80. The van der Waals surface area contributed by atoms with Gasteiger partial charge in [-0.3, -0.25) is 4.57 Å². The van der Waals surface area contributed by atoms with Gasteiger partial charge in [-0.15, -0.1) is 0 Å². The third kappa shape index (κ3) is 2.44. The molecule has 2 atom stereocenters. The molecule has 126 valence electrons. The zero-order chi connectivity index (χ0) is 16.5. The molecule has 24 heavy (non-hydrogen) atoms. The molecule has 4 rings (SSSR count). The quantitative estimate of drug-likeness (QED) is 0.868. The predicted molar refractivity (Wildman–Crippen MR) is 91.4 cm³/mol. The Kier molecular flexibility index (Phi) is 3.92. The van der Waals surface area contributed by atoms with Gasteiger partial charge in [0.05, 0.1) is 17.9 Å². The highest BCUT2D eigenvalue weighted by Gasteiger charge is 2.39. The SMILES string of the molecule is CCC1C(C=O)Nc2cnc(-n3ccnc3)nc2N1C1CCCC1. The minimum Gasteiger partial charge on any atom is -0.370 e. The van der Waals surface area contributed by atoms with E-state index in [0.717, 1.165) is 37.1 Å². The molecule has 2 aliphatic rings. The van der Waals surface area contributed by atoms with Crippen molar-refractivity contribution >= 4 is 17.8 Å². The van der Waals surface area contributed by atoms with E-state index in [-0.39, 0.29) is 12.1 Å². The lowest BCUT2D eigenvalue weighted by Crippen LogP contribution is -2.55. The van der Waals surface area contributed by atoms with Gasteiger partial charge in [-0.1, -0.05) is 19.8 Å². The molecule has 1 aliphatic heterocycles. The van der Waals surface area contributed by atoms with E-state index in [1.807, 2.05) is 6.20 Å². The van der Waals surface area contributed by atoms with Crippen molar-refractivity contribution in [3.8, 4) is 5.95 Å². The van der Waals surface area contributed by atoms with E-state index >= 15 is 0 Å². The van der Waals surface area contributed by atoms with Crippen molar-refractivity contribution < 1.29 is 4.79 Å². The molecule has 2 unspecified atom stereocenters. The molecule has 0 saturated heterocycles. The lowest BCUT2D eigenvalue weighted by molar-refractivity contribution is -0.108. The normalized spacial score (nSPS) is 23.8. The molecule has 1 fully saturated rings. The number of carbonyl (C=O) groups excluding carboxylic acids is 1. The van der Waals surface area contributed by atoms with Crippen molar-refractivity contribution in [1.29, 1.82) is 0 Å². The largest absolute Gasteiger partial charge is 0.370 e. The third-order valence-electron chi connectivity index (χ3n) is 5.11. The summed E-state index contributed by atoms with van der Waals surface area (Å²) in [7, 11) is 0. The minimum absolute atomic E-state index is 0.128. The second-order valence-corrected chi connectivity index (χ2v) is 6.50. The summed E-state index contributed by atoms with van der Waals surface area (Å²) in [5, 5.41) is 3.31. The monoisotopic (exact) mass is 326 g/mol. The number of carbonyl (C=O) groups is 1. The topological polar surface area (TPSA) is 75.9 Å². The molecule has 7 heteroatoms. The Hall–Kier alpha value is -2.44. The molecule has 2 aromatic heterocycles. The van der Waals surface area contributed by atoms with Crippen molar-refractivity contribution in [2.45, 2.75) is 57.2 Å². The van der Waals surface area contributed by atoms with Gasteiger partial charge in [0.2, 0.25) is 5.95 Å². The summed E-state index contributed by atoms with van der Waals surface area (Å²) in [5.74, 6) is 1.51. The lowest BCUT2D eigenvalue weighted by atomic mass is 9.98. The van der Waals surface area contributed by atoms with Crippen LogP contribution in [0.5, 0.6) is 0 Å². The maximum absolute atomic E-state index is 11.6. The first-order chi connectivity index (χ1) is 11.8. The fourth-order valence-corrected chi connectivity index (χ4v) is 3.97. The van der Waals surface area contributed by atoms with E-state index in [4.69, 9.17) is 4.98 Å². The van der Waals surface area contributed by atoms with Crippen LogP contribution in [0.15, 0.2) is 24.9 Å². The van der Waals surface area contributed by atoms with E-state index < -0.39 is 0 Å². The van der Waals surface area contributed by atoms with Gasteiger partial charge < -0.3 is 15.0 Å². The number of rotatable bonds is 4. The summed E-state index contributed by atoms with van der Waals surface area (Å²) < 4.78 is 1.81. The van der Waals surface area contributed by atoms with Crippen LogP contribution in [0.3, 0.4) is 0 Å².